The van der Waals surface area contributed by atoms with Gasteiger partial charge in [0.15, 0.2) is 0 Å². The third-order valence-corrected chi connectivity index (χ3v) is 2.82. The first kappa shape index (κ1) is 11.1. The maximum atomic E-state index is 2.36. The third-order valence-electron chi connectivity index (χ3n) is 2.82. The van der Waals surface area contributed by atoms with Gasteiger partial charge in [-0.1, -0.05) is 41.5 Å². The monoisotopic (exact) mass is 182 g/mol. The molecule has 13 heavy (non-hydrogen) atoms. The molecule has 78 valence electrons. The average molecular weight is 182 g/mol. The van der Waals surface area contributed by atoms with E-state index in [2.05, 4.69) is 41.5 Å². The van der Waals surface area contributed by atoms with Crippen LogP contribution in [-0.4, -0.2) is 0 Å². The third kappa shape index (κ3) is 4.69. The first-order chi connectivity index (χ1) is 5.67. The van der Waals surface area contributed by atoms with Crippen LogP contribution >= 0.6 is 0 Å². The molecule has 0 heteroatoms. The topological polar surface area (TPSA) is 0 Å². The van der Waals surface area contributed by atoms with E-state index in [1.807, 2.05) is 0 Å². The lowest BCUT2D eigenvalue weighted by molar-refractivity contribution is 0.306. The van der Waals surface area contributed by atoms with Crippen molar-refractivity contribution in [2.24, 2.45) is 22.7 Å². The summed E-state index contributed by atoms with van der Waals surface area (Å²) in [6.45, 7) is 14.2. The molecule has 1 fully saturated rings. The van der Waals surface area contributed by atoms with Gasteiger partial charge in [0.05, 0.1) is 0 Å². The molecule has 1 aliphatic rings. The van der Waals surface area contributed by atoms with Crippen molar-refractivity contribution in [3.05, 3.63) is 0 Å². The molecule has 0 bridgehead atoms. The van der Waals surface area contributed by atoms with E-state index in [0.29, 0.717) is 10.8 Å². The standard InChI is InChI=1S/C13H26/c1-12(2,3)8-10-7-11(10)9-13(4,5)6/h10-11H,7-9H2,1-6H3. The lowest BCUT2D eigenvalue weighted by Gasteiger charge is -2.20. The van der Waals surface area contributed by atoms with Gasteiger partial charge in [-0.2, -0.15) is 0 Å². The van der Waals surface area contributed by atoms with E-state index in [-0.39, 0.29) is 0 Å². The molecule has 1 rings (SSSR count). The van der Waals surface area contributed by atoms with Gasteiger partial charge < -0.3 is 0 Å². The molecule has 0 saturated heterocycles. The summed E-state index contributed by atoms with van der Waals surface area (Å²) >= 11 is 0. The zero-order valence-electron chi connectivity index (χ0n) is 10.3. The summed E-state index contributed by atoms with van der Waals surface area (Å²) in [5.74, 6) is 2.08. The Balaban J connectivity index is 2.24. The van der Waals surface area contributed by atoms with Crippen molar-refractivity contribution in [3.8, 4) is 0 Å². The summed E-state index contributed by atoms with van der Waals surface area (Å²) in [7, 11) is 0. The van der Waals surface area contributed by atoms with Gasteiger partial charge in [0, 0.05) is 0 Å². The minimum Gasteiger partial charge on any atom is -0.0602 e. The first-order valence-corrected chi connectivity index (χ1v) is 5.67. The minimum atomic E-state index is 0.539. The largest absolute Gasteiger partial charge is 0.0602 e. The summed E-state index contributed by atoms with van der Waals surface area (Å²) in [5, 5.41) is 0. The highest BCUT2D eigenvalue weighted by atomic mass is 14.5. The van der Waals surface area contributed by atoms with Gasteiger partial charge in [0.2, 0.25) is 0 Å². The van der Waals surface area contributed by atoms with E-state index in [4.69, 9.17) is 0 Å². The fourth-order valence-electron chi connectivity index (χ4n) is 2.38. The van der Waals surface area contributed by atoms with Crippen molar-refractivity contribution in [1.82, 2.24) is 0 Å². The van der Waals surface area contributed by atoms with Crippen LogP contribution in [0.15, 0.2) is 0 Å². The lowest BCUT2D eigenvalue weighted by Crippen LogP contribution is -2.09. The number of hydrogen-bond donors (Lipinski definition) is 0. The maximum Gasteiger partial charge on any atom is -0.0378 e. The van der Waals surface area contributed by atoms with Gasteiger partial charge >= 0.3 is 0 Å². The Bertz CT molecular complexity index is 145. The van der Waals surface area contributed by atoms with Gasteiger partial charge in [0.1, 0.15) is 0 Å². The first-order valence-electron chi connectivity index (χ1n) is 5.67. The molecular formula is C13H26. The Morgan fingerprint density at radius 1 is 0.769 bits per heavy atom. The van der Waals surface area contributed by atoms with E-state index in [9.17, 15) is 0 Å². The van der Waals surface area contributed by atoms with E-state index in [0.717, 1.165) is 11.8 Å². The highest BCUT2D eigenvalue weighted by Gasteiger charge is 2.40. The lowest BCUT2D eigenvalue weighted by atomic mass is 9.85. The fraction of sp³-hybridized carbons (Fsp3) is 1.00. The van der Waals surface area contributed by atoms with Crippen LogP contribution in [0.2, 0.25) is 0 Å². The number of hydrogen-bond acceptors (Lipinski definition) is 0. The van der Waals surface area contributed by atoms with E-state index in [1.165, 1.54) is 19.3 Å². The molecule has 2 unspecified atom stereocenters. The zero-order chi connectivity index (χ0) is 10.3. The van der Waals surface area contributed by atoms with Crippen molar-refractivity contribution in [1.29, 1.82) is 0 Å². The smallest absolute Gasteiger partial charge is 0.0378 e. The van der Waals surface area contributed by atoms with Crippen molar-refractivity contribution in [3.63, 3.8) is 0 Å². The molecular weight excluding hydrogens is 156 g/mol. The van der Waals surface area contributed by atoms with Gasteiger partial charge in [-0.3, -0.25) is 0 Å². The second kappa shape index (κ2) is 3.29. The second-order valence-electron chi connectivity index (χ2n) is 7.29. The Morgan fingerprint density at radius 2 is 1.08 bits per heavy atom. The van der Waals surface area contributed by atoms with E-state index < -0.39 is 0 Å². The molecule has 0 N–H and O–H groups in total. The molecule has 0 heterocycles. The van der Waals surface area contributed by atoms with Crippen LogP contribution in [0.1, 0.15) is 60.8 Å². The van der Waals surface area contributed by atoms with Crippen LogP contribution < -0.4 is 0 Å². The van der Waals surface area contributed by atoms with Crippen molar-refractivity contribution in [2.45, 2.75) is 60.8 Å². The van der Waals surface area contributed by atoms with Gasteiger partial charge in [-0.15, -0.1) is 0 Å². The van der Waals surface area contributed by atoms with Gasteiger partial charge in [0.25, 0.3) is 0 Å². The predicted molar refractivity (Wildman–Crippen MR) is 59.7 cm³/mol. The summed E-state index contributed by atoms with van der Waals surface area (Å²) in [6.07, 6.45) is 4.34. The average Bonchev–Trinajstić information content (AvgIpc) is 2.36. The van der Waals surface area contributed by atoms with Gasteiger partial charge in [-0.05, 0) is 41.9 Å². The Labute approximate surface area is 84.1 Å². The quantitative estimate of drug-likeness (QED) is 0.590. The van der Waals surface area contributed by atoms with E-state index in [1.54, 1.807) is 0 Å². The van der Waals surface area contributed by atoms with Crippen LogP contribution in [0.25, 0.3) is 0 Å². The molecule has 0 aromatic carbocycles. The maximum absolute atomic E-state index is 2.36. The molecule has 1 aliphatic carbocycles. The second-order valence-corrected chi connectivity index (χ2v) is 7.29. The van der Waals surface area contributed by atoms with Crippen LogP contribution in [0.4, 0.5) is 0 Å². The summed E-state index contributed by atoms with van der Waals surface area (Å²) in [6, 6.07) is 0. The van der Waals surface area contributed by atoms with Crippen LogP contribution in [0.5, 0.6) is 0 Å². The summed E-state index contributed by atoms with van der Waals surface area (Å²) < 4.78 is 0. The molecule has 1 saturated carbocycles. The highest BCUT2D eigenvalue weighted by Crippen LogP contribution is 2.51. The normalized spacial score (nSPS) is 29.1. The van der Waals surface area contributed by atoms with Crippen LogP contribution in [0, 0.1) is 22.7 Å². The molecule has 2 atom stereocenters. The molecule has 0 spiro atoms. The minimum absolute atomic E-state index is 0.539. The van der Waals surface area contributed by atoms with E-state index >= 15 is 0 Å². The molecule has 0 radical (unpaired) electrons. The molecule has 0 aromatic heterocycles. The Kier molecular flexibility index (Phi) is 2.81. The molecule has 0 amide bonds. The summed E-state index contributed by atoms with van der Waals surface area (Å²) in [5.41, 5.74) is 1.08. The highest BCUT2D eigenvalue weighted by molar-refractivity contribution is 4.91. The van der Waals surface area contributed by atoms with Gasteiger partial charge in [-0.25, -0.2) is 0 Å². The zero-order valence-corrected chi connectivity index (χ0v) is 10.3. The van der Waals surface area contributed by atoms with Crippen molar-refractivity contribution in [2.75, 3.05) is 0 Å². The van der Waals surface area contributed by atoms with Crippen LogP contribution in [0.3, 0.4) is 0 Å². The Morgan fingerprint density at radius 3 is 1.31 bits per heavy atom. The molecule has 0 aliphatic heterocycles. The predicted octanol–water partition coefficient (Wildman–Crippen LogP) is 4.49. The Hall–Kier alpha value is 0. The molecule has 0 nitrogen and oxygen atoms in total. The molecule has 0 aromatic rings. The SMILES string of the molecule is CC(C)(C)CC1CC1CC(C)(C)C. The number of rotatable bonds is 2. The fourth-order valence-corrected chi connectivity index (χ4v) is 2.38. The summed E-state index contributed by atoms with van der Waals surface area (Å²) in [4.78, 5) is 0. The van der Waals surface area contributed by atoms with Crippen molar-refractivity contribution >= 4 is 0 Å². The van der Waals surface area contributed by atoms with Crippen molar-refractivity contribution < 1.29 is 0 Å². The van der Waals surface area contributed by atoms with Crippen LogP contribution in [-0.2, 0) is 0 Å².